The topological polar surface area (TPSA) is 116 Å². The molecule has 0 saturated carbocycles. The fourth-order valence-corrected chi connectivity index (χ4v) is 1.57. The largest absolute Gasteiger partial charge is 0.477 e. The van der Waals surface area contributed by atoms with Gasteiger partial charge < -0.3 is 10.2 Å². The number of carbonyl (C=O) groups is 2. The molecule has 0 aliphatic rings. The van der Waals surface area contributed by atoms with Crippen LogP contribution in [-0.2, 0) is 16.0 Å². The third-order valence-corrected chi connectivity index (χ3v) is 2.43. The van der Waals surface area contributed by atoms with Gasteiger partial charge in [-0.1, -0.05) is 23.4 Å². The average molecular weight is 247 g/mol. The summed E-state index contributed by atoms with van der Waals surface area (Å²) in [5.74, 6) is -2.93. The van der Waals surface area contributed by atoms with Gasteiger partial charge in [-0.3, -0.25) is 5.10 Å². The summed E-state index contributed by atoms with van der Waals surface area (Å²) >= 11 is 0. The summed E-state index contributed by atoms with van der Waals surface area (Å²) in [5.41, 5.74) is 1.37. The van der Waals surface area contributed by atoms with E-state index in [0.29, 0.717) is 16.6 Å². The number of fused-ring (bicyclic) bond motifs is 1. The molecule has 18 heavy (non-hydrogen) atoms. The number of carboxylic acid groups (broad SMARTS) is 2. The highest BCUT2D eigenvalue weighted by molar-refractivity contribution is 6.12. The molecule has 0 saturated heterocycles. The van der Waals surface area contributed by atoms with Gasteiger partial charge >= 0.3 is 11.9 Å². The highest BCUT2D eigenvalue weighted by atomic mass is 16.4. The number of nitrogens with zero attached hydrogens (tertiary/aromatic N) is 2. The van der Waals surface area contributed by atoms with Gasteiger partial charge in [0.15, 0.2) is 0 Å². The summed E-state index contributed by atoms with van der Waals surface area (Å²) in [5, 5.41) is 27.6. The molecule has 92 valence electrons. The van der Waals surface area contributed by atoms with Crippen LogP contribution < -0.4 is 0 Å². The Hall–Kier alpha value is -2.70. The fraction of sp³-hybridized carbons (Fsp3) is 0.0909. The first kappa shape index (κ1) is 11.8. The molecule has 3 N–H and O–H groups in total. The summed E-state index contributed by atoms with van der Waals surface area (Å²) in [6, 6.07) is 5.27. The van der Waals surface area contributed by atoms with Crippen LogP contribution in [0.25, 0.3) is 11.0 Å². The summed E-state index contributed by atoms with van der Waals surface area (Å²) in [4.78, 5) is 21.4. The minimum absolute atomic E-state index is 0.164. The lowest BCUT2D eigenvalue weighted by Crippen LogP contribution is -2.11. The van der Waals surface area contributed by atoms with E-state index in [2.05, 4.69) is 15.4 Å². The summed E-state index contributed by atoms with van der Waals surface area (Å²) in [6.07, 6.45) is 1.31. The maximum Gasteiger partial charge on any atom is 0.342 e. The van der Waals surface area contributed by atoms with Crippen LogP contribution in [0, 0.1) is 0 Å². The maximum absolute atomic E-state index is 10.7. The number of aromatic nitrogens is 3. The number of benzene rings is 1. The van der Waals surface area contributed by atoms with Crippen molar-refractivity contribution in [3.05, 3.63) is 35.4 Å². The Balaban J connectivity index is 2.34. The van der Waals surface area contributed by atoms with Gasteiger partial charge in [0.1, 0.15) is 11.1 Å². The van der Waals surface area contributed by atoms with Crippen molar-refractivity contribution in [3.63, 3.8) is 0 Å². The lowest BCUT2D eigenvalue weighted by molar-refractivity contribution is -0.140. The van der Waals surface area contributed by atoms with Crippen LogP contribution in [0.15, 0.2) is 29.8 Å². The van der Waals surface area contributed by atoms with Crippen molar-refractivity contribution in [2.75, 3.05) is 0 Å². The van der Waals surface area contributed by atoms with E-state index in [1.54, 1.807) is 18.2 Å². The Labute approximate surface area is 101 Å². The molecular formula is C11H9N3O4. The average Bonchev–Trinajstić information content (AvgIpc) is 2.77. The molecule has 7 nitrogen and oxygen atoms in total. The SMILES string of the molecule is O=C(O)C(=CCc1cccc2[nH]nnc12)C(=O)O. The first-order chi connectivity index (χ1) is 8.59. The molecular weight excluding hydrogens is 238 g/mol. The zero-order chi connectivity index (χ0) is 13.1. The van der Waals surface area contributed by atoms with E-state index < -0.39 is 17.5 Å². The molecule has 0 fully saturated rings. The van der Waals surface area contributed by atoms with Crippen molar-refractivity contribution in [2.24, 2.45) is 0 Å². The first-order valence-electron chi connectivity index (χ1n) is 5.05. The van der Waals surface area contributed by atoms with Crippen molar-refractivity contribution < 1.29 is 19.8 Å². The molecule has 1 aromatic heterocycles. The van der Waals surface area contributed by atoms with Gasteiger partial charge in [-0.2, -0.15) is 0 Å². The zero-order valence-electron chi connectivity index (χ0n) is 9.12. The minimum atomic E-state index is -1.46. The highest BCUT2D eigenvalue weighted by Crippen LogP contribution is 2.15. The molecule has 0 unspecified atom stereocenters. The number of H-pyrrole nitrogens is 1. The molecule has 1 aromatic carbocycles. The van der Waals surface area contributed by atoms with Gasteiger partial charge in [0, 0.05) is 0 Å². The molecule has 0 bridgehead atoms. The number of nitrogens with one attached hydrogen (secondary N) is 1. The van der Waals surface area contributed by atoms with Crippen LogP contribution >= 0.6 is 0 Å². The molecule has 0 aliphatic carbocycles. The standard InChI is InChI=1S/C11H9N3O4/c15-10(16)7(11(17)18)5-4-6-2-1-3-8-9(6)13-14-12-8/h1-3,5H,4H2,(H,15,16)(H,17,18)(H,12,13,14). The Morgan fingerprint density at radius 2 is 2.00 bits per heavy atom. The first-order valence-corrected chi connectivity index (χ1v) is 5.05. The molecule has 2 aromatic rings. The molecule has 0 amide bonds. The van der Waals surface area contributed by atoms with Crippen molar-refractivity contribution >= 4 is 23.0 Å². The smallest absolute Gasteiger partial charge is 0.342 e. The van der Waals surface area contributed by atoms with Crippen molar-refractivity contribution in [1.29, 1.82) is 0 Å². The Morgan fingerprint density at radius 1 is 1.28 bits per heavy atom. The second-order valence-electron chi connectivity index (χ2n) is 3.56. The second kappa shape index (κ2) is 4.66. The van der Waals surface area contributed by atoms with Crippen LogP contribution in [0.1, 0.15) is 5.56 Å². The highest BCUT2D eigenvalue weighted by Gasteiger charge is 2.15. The number of carboxylic acids is 2. The van der Waals surface area contributed by atoms with Gasteiger partial charge in [-0.15, -0.1) is 5.10 Å². The van der Waals surface area contributed by atoms with Gasteiger partial charge in [0.25, 0.3) is 0 Å². The number of aromatic amines is 1. The zero-order valence-corrected chi connectivity index (χ0v) is 9.12. The van der Waals surface area contributed by atoms with Gasteiger partial charge in [-0.25, -0.2) is 9.59 Å². The van der Waals surface area contributed by atoms with Crippen LogP contribution in [0.5, 0.6) is 0 Å². The van der Waals surface area contributed by atoms with Crippen LogP contribution in [0.4, 0.5) is 0 Å². The Kier molecular flexibility index (Phi) is 3.05. The summed E-state index contributed by atoms with van der Waals surface area (Å²) in [6.45, 7) is 0. The second-order valence-corrected chi connectivity index (χ2v) is 3.56. The van der Waals surface area contributed by atoms with E-state index in [-0.39, 0.29) is 6.42 Å². The molecule has 0 radical (unpaired) electrons. The molecule has 7 heteroatoms. The molecule has 2 rings (SSSR count). The third kappa shape index (κ3) is 2.19. The minimum Gasteiger partial charge on any atom is -0.477 e. The fourth-order valence-electron chi connectivity index (χ4n) is 1.57. The van der Waals surface area contributed by atoms with Crippen molar-refractivity contribution in [2.45, 2.75) is 6.42 Å². The predicted octanol–water partition coefficient (Wildman–Crippen LogP) is 0.596. The Bertz CT molecular complexity index is 629. The van der Waals surface area contributed by atoms with Crippen LogP contribution in [0.3, 0.4) is 0 Å². The van der Waals surface area contributed by atoms with E-state index in [1.165, 1.54) is 0 Å². The number of hydrogen-bond donors (Lipinski definition) is 3. The Morgan fingerprint density at radius 3 is 2.67 bits per heavy atom. The molecule has 0 aliphatic heterocycles. The lowest BCUT2D eigenvalue weighted by Gasteiger charge is -1.98. The maximum atomic E-state index is 10.7. The van der Waals surface area contributed by atoms with E-state index in [0.717, 1.165) is 6.08 Å². The molecule has 1 heterocycles. The monoisotopic (exact) mass is 247 g/mol. The van der Waals surface area contributed by atoms with Crippen molar-refractivity contribution in [1.82, 2.24) is 15.4 Å². The van der Waals surface area contributed by atoms with Gasteiger partial charge in [0.05, 0.1) is 5.52 Å². The lowest BCUT2D eigenvalue weighted by atomic mass is 10.1. The molecule has 0 atom stereocenters. The van der Waals surface area contributed by atoms with Gasteiger partial charge in [-0.05, 0) is 18.1 Å². The normalized spacial score (nSPS) is 10.2. The number of aliphatic carboxylic acids is 2. The number of allylic oxidation sites excluding steroid dienone is 1. The van der Waals surface area contributed by atoms with Crippen LogP contribution in [0.2, 0.25) is 0 Å². The van der Waals surface area contributed by atoms with E-state index in [9.17, 15) is 9.59 Å². The van der Waals surface area contributed by atoms with E-state index >= 15 is 0 Å². The predicted molar refractivity (Wildman–Crippen MR) is 60.9 cm³/mol. The molecule has 0 spiro atoms. The number of rotatable bonds is 4. The summed E-state index contributed by atoms with van der Waals surface area (Å²) < 4.78 is 0. The van der Waals surface area contributed by atoms with Crippen LogP contribution in [-0.4, -0.2) is 37.6 Å². The number of hydrogen-bond acceptors (Lipinski definition) is 4. The van der Waals surface area contributed by atoms with Crippen molar-refractivity contribution in [3.8, 4) is 0 Å². The summed E-state index contributed by atoms with van der Waals surface area (Å²) in [7, 11) is 0. The van der Waals surface area contributed by atoms with E-state index in [4.69, 9.17) is 10.2 Å². The van der Waals surface area contributed by atoms with E-state index in [1.807, 2.05) is 0 Å². The third-order valence-electron chi connectivity index (χ3n) is 2.43. The van der Waals surface area contributed by atoms with Gasteiger partial charge in [0.2, 0.25) is 0 Å². The quantitative estimate of drug-likeness (QED) is 0.413.